The third-order valence-corrected chi connectivity index (χ3v) is 4.62. The van der Waals surface area contributed by atoms with Gasteiger partial charge in [-0.15, -0.1) is 12.4 Å². The van der Waals surface area contributed by atoms with E-state index >= 15 is 0 Å². The zero-order chi connectivity index (χ0) is 13.6. The molecule has 1 N–H and O–H groups in total. The van der Waals surface area contributed by atoms with Crippen LogP contribution in [-0.4, -0.2) is 30.8 Å². The fourth-order valence-electron chi connectivity index (χ4n) is 2.33. The Labute approximate surface area is 135 Å². The van der Waals surface area contributed by atoms with Crippen molar-refractivity contribution < 1.29 is 4.74 Å². The molecular formula is C16H19ClN2OS. The van der Waals surface area contributed by atoms with Crippen LogP contribution in [0.2, 0.25) is 0 Å². The van der Waals surface area contributed by atoms with Gasteiger partial charge in [0.25, 0.3) is 0 Å². The molecule has 112 valence electrons. The van der Waals surface area contributed by atoms with Crippen LogP contribution < -0.4 is 5.32 Å². The minimum absolute atomic E-state index is 0. The molecule has 1 fully saturated rings. The van der Waals surface area contributed by atoms with Crippen LogP contribution in [0.5, 0.6) is 0 Å². The van der Waals surface area contributed by atoms with E-state index in [1.54, 1.807) is 11.8 Å². The van der Waals surface area contributed by atoms with Gasteiger partial charge >= 0.3 is 0 Å². The summed E-state index contributed by atoms with van der Waals surface area (Å²) in [5.41, 5.74) is 1.29. The van der Waals surface area contributed by atoms with Crippen molar-refractivity contribution in [2.24, 2.45) is 0 Å². The minimum atomic E-state index is 0. The predicted molar refractivity (Wildman–Crippen MR) is 89.1 cm³/mol. The summed E-state index contributed by atoms with van der Waals surface area (Å²) in [5, 5.41) is 4.71. The minimum Gasteiger partial charge on any atom is -0.374 e. The predicted octanol–water partition coefficient (Wildman–Crippen LogP) is 3.33. The van der Waals surface area contributed by atoms with E-state index in [-0.39, 0.29) is 23.8 Å². The lowest BCUT2D eigenvalue weighted by Crippen LogP contribution is -2.41. The summed E-state index contributed by atoms with van der Waals surface area (Å²) >= 11 is 1.77. The molecule has 3 nitrogen and oxygen atoms in total. The van der Waals surface area contributed by atoms with E-state index < -0.39 is 0 Å². The van der Waals surface area contributed by atoms with Crippen LogP contribution in [0, 0.1) is 0 Å². The molecule has 0 saturated carbocycles. The molecule has 0 aliphatic carbocycles. The molecule has 1 aromatic heterocycles. The number of morpholine rings is 1. The van der Waals surface area contributed by atoms with Crippen LogP contribution >= 0.6 is 24.2 Å². The number of nitrogens with zero attached hydrogens (tertiary/aromatic N) is 1. The maximum absolute atomic E-state index is 5.96. The van der Waals surface area contributed by atoms with Crippen molar-refractivity contribution in [1.82, 2.24) is 10.3 Å². The summed E-state index contributed by atoms with van der Waals surface area (Å²) in [5.74, 6) is 0. The molecule has 2 aromatic rings. The summed E-state index contributed by atoms with van der Waals surface area (Å²) in [4.78, 5) is 4.43. The molecule has 21 heavy (non-hydrogen) atoms. The van der Waals surface area contributed by atoms with Gasteiger partial charge < -0.3 is 10.1 Å². The molecule has 2 atom stereocenters. The summed E-state index contributed by atoms with van der Waals surface area (Å²) in [7, 11) is 0. The molecule has 0 radical (unpaired) electrons. The van der Waals surface area contributed by atoms with Crippen LogP contribution in [0.15, 0.2) is 59.8 Å². The molecule has 1 aliphatic heterocycles. The number of pyridine rings is 1. The summed E-state index contributed by atoms with van der Waals surface area (Å²) < 4.78 is 5.96. The molecule has 2 heterocycles. The third-order valence-electron chi connectivity index (χ3n) is 3.31. The molecule has 1 aromatic carbocycles. The summed E-state index contributed by atoms with van der Waals surface area (Å²) in [6.45, 7) is 2.60. The van der Waals surface area contributed by atoms with Crippen molar-refractivity contribution in [3.8, 4) is 0 Å². The number of ether oxygens (including phenoxy) is 1. The average Bonchev–Trinajstić information content (AvgIpc) is 2.55. The summed E-state index contributed by atoms with van der Waals surface area (Å²) in [6.07, 6.45) is 2.02. The maximum Gasteiger partial charge on any atom is 0.0966 e. The number of benzene rings is 1. The monoisotopic (exact) mass is 322 g/mol. The molecule has 5 heteroatoms. The second-order valence-electron chi connectivity index (χ2n) is 4.73. The van der Waals surface area contributed by atoms with E-state index in [0.29, 0.717) is 0 Å². The lowest BCUT2D eigenvalue weighted by molar-refractivity contribution is 0.0273. The number of nitrogens with one attached hydrogen (secondary N) is 1. The SMILES string of the molecule is Cl.c1ccc(C(Sc2ccccn2)[C@@H]2CNCCO2)cc1. The number of thioether (sulfide) groups is 1. The van der Waals surface area contributed by atoms with Crippen molar-refractivity contribution in [2.45, 2.75) is 16.4 Å². The highest BCUT2D eigenvalue weighted by molar-refractivity contribution is 7.99. The van der Waals surface area contributed by atoms with Crippen LogP contribution in [-0.2, 0) is 4.74 Å². The Morgan fingerprint density at radius 3 is 2.62 bits per heavy atom. The van der Waals surface area contributed by atoms with E-state index in [1.165, 1.54) is 5.56 Å². The van der Waals surface area contributed by atoms with Gasteiger partial charge in [0, 0.05) is 19.3 Å². The van der Waals surface area contributed by atoms with Gasteiger partial charge in [0.1, 0.15) is 0 Å². The van der Waals surface area contributed by atoms with E-state index in [0.717, 1.165) is 24.7 Å². The normalized spacial score (nSPS) is 19.5. The fourth-order valence-corrected chi connectivity index (χ4v) is 3.49. The van der Waals surface area contributed by atoms with Crippen molar-refractivity contribution >= 4 is 24.2 Å². The second-order valence-corrected chi connectivity index (χ2v) is 5.89. The van der Waals surface area contributed by atoms with Gasteiger partial charge in [-0.25, -0.2) is 4.98 Å². The second kappa shape index (κ2) is 8.39. The maximum atomic E-state index is 5.96. The lowest BCUT2D eigenvalue weighted by Gasteiger charge is -2.30. The van der Waals surface area contributed by atoms with Gasteiger partial charge in [0.05, 0.1) is 23.0 Å². The Morgan fingerprint density at radius 1 is 1.14 bits per heavy atom. The largest absolute Gasteiger partial charge is 0.374 e. The Kier molecular flexibility index (Phi) is 6.51. The zero-order valence-electron chi connectivity index (χ0n) is 11.6. The zero-order valence-corrected chi connectivity index (χ0v) is 13.3. The lowest BCUT2D eigenvalue weighted by atomic mass is 10.1. The van der Waals surface area contributed by atoms with Crippen LogP contribution in [0.25, 0.3) is 0 Å². The van der Waals surface area contributed by atoms with Crippen LogP contribution in [0.4, 0.5) is 0 Å². The topological polar surface area (TPSA) is 34.2 Å². The molecular weight excluding hydrogens is 304 g/mol. The highest BCUT2D eigenvalue weighted by Gasteiger charge is 2.27. The molecule has 1 saturated heterocycles. The van der Waals surface area contributed by atoms with E-state index in [4.69, 9.17) is 4.74 Å². The third kappa shape index (κ3) is 4.45. The highest BCUT2D eigenvalue weighted by atomic mass is 35.5. The number of hydrogen-bond donors (Lipinski definition) is 1. The van der Waals surface area contributed by atoms with Gasteiger partial charge in [0.15, 0.2) is 0 Å². The fraction of sp³-hybridized carbons (Fsp3) is 0.312. The Balaban J connectivity index is 0.00000161. The van der Waals surface area contributed by atoms with Gasteiger partial charge in [-0.2, -0.15) is 0 Å². The first kappa shape index (κ1) is 16.3. The van der Waals surface area contributed by atoms with Gasteiger partial charge in [-0.05, 0) is 17.7 Å². The average molecular weight is 323 g/mol. The van der Waals surface area contributed by atoms with Crippen molar-refractivity contribution in [1.29, 1.82) is 0 Å². The number of halogens is 1. The molecule has 0 bridgehead atoms. The standard InChI is InChI=1S/C16H18N2OS.ClH/c1-2-6-13(7-3-1)16(14-12-17-10-11-19-14)20-15-8-4-5-9-18-15;/h1-9,14,16-17H,10-12H2;1H/t14-,16?;/m0./s1. The van der Waals surface area contributed by atoms with E-state index in [1.807, 2.05) is 24.4 Å². The van der Waals surface area contributed by atoms with Crippen LogP contribution in [0.3, 0.4) is 0 Å². The smallest absolute Gasteiger partial charge is 0.0966 e. The van der Waals surface area contributed by atoms with Crippen molar-refractivity contribution in [3.05, 3.63) is 60.3 Å². The van der Waals surface area contributed by atoms with Gasteiger partial charge in [0.2, 0.25) is 0 Å². The van der Waals surface area contributed by atoms with E-state index in [2.05, 4.69) is 40.6 Å². The molecule has 1 unspecified atom stereocenters. The Hall–Kier alpha value is -1.07. The van der Waals surface area contributed by atoms with Crippen molar-refractivity contribution in [2.75, 3.05) is 19.7 Å². The quantitative estimate of drug-likeness (QED) is 0.876. The molecule has 1 aliphatic rings. The Bertz CT molecular complexity index is 520. The molecule has 0 amide bonds. The summed E-state index contributed by atoms with van der Waals surface area (Å²) in [6, 6.07) is 16.6. The number of rotatable bonds is 4. The molecule has 3 rings (SSSR count). The van der Waals surface area contributed by atoms with Gasteiger partial charge in [-0.1, -0.05) is 48.2 Å². The Morgan fingerprint density at radius 2 is 1.95 bits per heavy atom. The first-order chi connectivity index (χ1) is 9.93. The highest BCUT2D eigenvalue weighted by Crippen LogP contribution is 2.38. The number of hydrogen-bond acceptors (Lipinski definition) is 4. The first-order valence-electron chi connectivity index (χ1n) is 6.88. The van der Waals surface area contributed by atoms with Gasteiger partial charge in [-0.3, -0.25) is 0 Å². The van der Waals surface area contributed by atoms with E-state index in [9.17, 15) is 0 Å². The molecule has 0 spiro atoms. The van der Waals surface area contributed by atoms with Crippen molar-refractivity contribution in [3.63, 3.8) is 0 Å². The first-order valence-corrected chi connectivity index (χ1v) is 7.76. The van der Waals surface area contributed by atoms with Crippen LogP contribution in [0.1, 0.15) is 10.8 Å². The number of aromatic nitrogens is 1.